The van der Waals surface area contributed by atoms with E-state index in [1.165, 1.54) is 36.7 Å². The van der Waals surface area contributed by atoms with Crippen molar-refractivity contribution in [2.24, 2.45) is 0 Å². The van der Waals surface area contributed by atoms with Crippen LogP contribution in [0.1, 0.15) is 15.9 Å². The van der Waals surface area contributed by atoms with Gasteiger partial charge in [0.1, 0.15) is 12.4 Å². The van der Waals surface area contributed by atoms with Gasteiger partial charge >= 0.3 is 5.97 Å². The van der Waals surface area contributed by atoms with Crippen molar-refractivity contribution < 1.29 is 22.7 Å². The summed E-state index contributed by atoms with van der Waals surface area (Å²) in [5.41, 5.74) is 1.27. The number of esters is 1. The Balaban J connectivity index is 2.08. The average molecular weight is 442 g/mol. The molecule has 0 radical (unpaired) electrons. The van der Waals surface area contributed by atoms with Crippen molar-refractivity contribution in [3.63, 3.8) is 0 Å². The van der Waals surface area contributed by atoms with Crippen LogP contribution < -0.4 is 4.74 Å². The number of hydrogen-bond acceptors (Lipinski definition) is 5. The van der Waals surface area contributed by atoms with Crippen LogP contribution in [0.2, 0.25) is 0 Å². The van der Waals surface area contributed by atoms with Crippen molar-refractivity contribution in [2.75, 3.05) is 27.3 Å². The number of halogens is 1. The summed E-state index contributed by atoms with van der Waals surface area (Å²) in [5.74, 6) is 0.0669. The lowest BCUT2D eigenvalue weighted by atomic mass is 10.2. The van der Waals surface area contributed by atoms with Crippen molar-refractivity contribution in [3.8, 4) is 5.75 Å². The zero-order chi connectivity index (χ0) is 19.3. The molecule has 0 N–H and O–H groups in total. The van der Waals surface area contributed by atoms with Crippen LogP contribution in [0.25, 0.3) is 0 Å². The predicted octanol–water partition coefficient (Wildman–Crippen LogP) is 3.24. The molecule has 0 atom stereocenters. The van der Waals surface area contributed by atoms with E-state index in [-0.39, 0.29) is 23.6 Å². The number of nitrogens with zero attached hydrogens (tertiary/aromatic N) is 1. The fraction of sp³-hybridized carbons (Fsp3) is 0.278. The summed E-state index contributed by atoms with van der Waals surface area (Å²) in [6.45, 7) is 2.35. The number of carbonyl (C=O) groups excluding carboxylic acids is 1. The van der Waals surface area contributed by atoms with Crippen LogP contribution in [0.5, 0.6) is 5.75 Å². The normalized spacial score (nSPS) is 11.4. The van der Waals surface area contributed by atoms with Crippen LogP contribution in [-0.4, -0.2) is 46.0 Å². The molecule has 140 valence electrons. The monoisotopic (exact) mass is 441 g/mol. The molecule has 0 bridgehead atoms. The van der Waals surface area contributed by atoms with Crippen molar-refractivity contribution in [3.05, 3.63) is 58.1 Å². The first-order valence-electron chi connectivity index (χ1n) is 7.79. The first-order chi connectivity index (χ1) is 12.3. The third kappa shape index (κ3) is 4.84. The van der Waals surface area contributed by atoms with E-state index in [0.717, 1.165) is 5.56 Å². The van der Waals surface area contributed by atoms with Crippen molar-refractivity contribution in [2.45, 2.75) is 11.8 Å². The van der Waals surface area contributed by atoms with Gasteiger partial charge < -0.3 is 9.47 Å². The number of likely N-dealkylation sites (N-methyl/N-ethyl adjacent to an activating group) is 1. The van der Waals surface area contributed by atoms with Gasteiger partial charge in [-0.25, -0.2) is 13.2 Å². The zero-order valence-electron chi connectivity index (χ0n) is 14.7. The molecule has 8 heteroatoms. The maximum absolute atomic E-state index is 12.7. The van der Waals surface area contributed by atoms with E-state index >= 15 is 0 Å². The van der Waals surface area contributed by atoms with E-state index in [1.807, 2.05) is 31.2 Å². The van der Waals surface area contributed by atoms with Crippen molar-refractivity contribution in [1.82, 2.24) is 4.31 Å². The Morgan fingerprint density at radius 1 is 1.15 bits per heavy atom. The summed E-state index contributed by atoms with van der Waals surface area (Å²) in [7, 11) is -1.05. The SMILES string of the molecule is COC(=O)c1cc(S(=O)(=O)N(C)CCOc2ccc(C)cc2)ccc1Br. The molecule has 0 heterocycles. The standard InChI is InChI=1S/C18H20BrNO5S/c1-13-4-6-14(7-5-13)25-11-10-20(2)26(22,23)15-8-9-17(19)16(12-15)18(21)24-3/h4-9,12H,10-11H2,1-3H3. The molecule has 0 amide bonds. The second-order valence-corrected chi connectivity index (χ2v) is 8.52. The topological polar surface area (TPSA) is 72.9 Å². The zero-order valence-corrected chi connectivity index (χ0v) is 17.1. The molecule has 0 aromatic heterocycles. The van der Waals surface area contributed by atoms with Crippen LogP contribution in [0.4, 0.5) is 0 Å². The number of aryl methyl sites for hydroxylation is 1. The molecular weight excluding hydrogens is 422 g/mol. The lowest BCUT2D eigenvalue weighted by Crippen LogP contribution is -2.31. The van der Waals surface area contributed by atoms with Crippen LogP contribution in [0.3, 0.4) is 0 Å². The number of sulfonamides is 1. The van der Waals surface area contributed by atoms with E-state index < -0.39 is 16.0 Å². The number of rotatable bonds is 7. The highest BCUT2D eigenvalue weighted by atomic mass is 79.9. The van der Waals surface area contributed by atoms with Gasteiger partial charge in [-0.15, -0.1) is 0 Å². The molecule has 2 aromatic carbocycles. The molecule has 2 rings (SSSR count). The number of benzene rings is 2. The molecule has 6 nitrogen and oxygen atoms in total. The number of methoxy groups -OCH3 is 1. The molecular formula is C18H20BrNO5S. The maximum atomic E-state index is 12.7. The van der Waals surface area contributed by atoms with Gasteiger partial charge in [-0.2, -0.15) is 4.31 Å². The van der Waals surface area contributed by atoms with E-state index in [4.69, 9.17) is 4.74 Å². The number of carbonyl (C=O) groups is 1. The molecule has 0 saturated heterocycles. The minimum Gasteiger partial charge on any atom is -0.492 e. The van der Waals surface area contributed by atoms with Crippen LogP contribution in [0, 0.1) is 6.92 Å². The molecule has 0 spiro atoms. The Bertz CT molecular complexity index is 881. The summed E-state index contributed by atoms with van der Waals surface area (Å²) in [6.07, 6.45) is 0. The highest BCUT2D eigenvalue weighted by Crippen LogP contribution is 2.23. The summed E-state index contributed by atoms with van der Waals surface area (Å²) in [6, 6.07) is 11.8. The third-order valence-electron chi connectivity index (χ3n) is 3.75. The van der Waals surface area contributed by atoms with E-state index in [1.54, 1.807) is 0 Å². The smallest absolute Gasteiger partial charge is 0.339 e. The fourth-order valence-corrected chi connectivity index (χ4v) is 3.75. The number of hydrogen-bond donors (Lipinski definition) is 0. The molecule has 0 aliphatic rings. The first-order valence-corrected chi connectivity index (χ1v) is 10.0. The van der Waals surface area contributed by atoms with Gasteiger partial charge in [-0.1, -0.05) is 17.7 Å². The Kier molecular flexibility index (Phi) is 6.80. The summed E-state index contributed by atoms with van der Waals surface area (Å²) >= 11 is 3.22. The van der Waals surface area contributed by atoms with E-state index in [2.05, 4.69) is 20.7 Å². The molecule has 0 saturated carbocycles. The van der Waals surface area contributed by atoms with Gasteiger partial charge in [0.15, 0.2) is 0 Å². The first kappa shape index (κ1) is 20.4. The van der Waals surface area contributed by atoms with Gasteiger partial charge in [-0.05, 0) is 53.2 Å². The van der Waals surface area contributed by atoms with Gasteiger partial charge in [0, 0.05) is 18.1 Å². The maximum Gasteiger partial charge on any atom is 0.339 e. The lowest BCUT2D eigenvalue weighted by Gasteiger charge is -2.18. The summed E-state index contributed by atoms with van der Waals surface area (Å²) in [5, 5.41) is 0. The average Bonchev–Trinajstić information content (AvgIpc) is 2.62. The molecule has 0 aliphatic heterocycles. The van der Waals surface area contributed by atoms with Gasteiger partial charge in [0.25, 0.3) is 0 Å². The molecule has 26 heavy (non-hydrogen) atoms. The van der Waals surface area contributed by atoms with E-state index in [9.17, 15) is 13.2 Å². The third-order valence-corrected chi connectivity index (χ3v) is 6.29. The largest absolute Gasteiger partial charge is 0.492 e. The lowest BCUT2D eigenvalue weighted by molar-refractivity contribution is 0.0599. The number of ether oxygens (including phenoxy) is 2. The second kappa shape index (κ2) is 8.66. The van der Waals surface area contributed by atoms with Crippen molar-refractivity contribution in [1.29, 1.82) is 0 Å². The van der Waals surface area contributed by atoms with Gasteiger partial charge in [0.2, 0.25) is 10.0 Å². The highest BCUT2D eigenvalue weighted by Gasteiger charge is 2.23. The van der Waals surface area contributed by atoms with Crippen molar-refractivity contribution >= 4 is 31.9 Å². The molecule has 2 aromatic rings. The predicted molar refractivity (Wildman–Crippen MR) is 102 cm³/mol. The summed E-state index contributed by atoms with van der Waals surface area (Å²) in [4.78, 5) is 11.8. The van der Waals surface area contributed by atoms with Gasteiger partial charge in [-0.3, -0.25) is 0 Å². The highest BCUT2D eigenvalue weighted by molar-refractivity contribution is 9.10. The fourth-order valence-electron chi connectivity index (χ4n) is 2.16. The summed E-state index contributed by atoms with van der Waals surface area (Å²) < 4.78 is 37.3. The molecule has 0 aliphatic carbocycles. The molecule has 0 fully saturated rings. The Morgan fingerprint density at radius 3 is 2.42 bits per heavy atom. The minimum atomic E-state index is -3.76. The molecule has 0 unspecified atom stereocenters. The Hall–Kier alpha value is -1.90. The Morgan fingerprint density at radius 2 is 1.81 bits per heavy atom. The Labute approximate surface area is 161 Å². The van der Waals surface area contributed by atoms with Crippen LogP contribution in [0.15, 0.2) is 51.8 Å². The van der Waals surface area contributed by atoms with Gasteiger partial charge in [0.05, 0.1) is 17.6 Å². The van der Waals surface area contributed by atoms with E-state index in [0.29, 0.717) is 10.2 Å². The van der Waals surface area contributed by atoms with Crippen LogP contribution in [-0.2, 0) is 14.8 Å². The quantitative estimate of drug-likeness (QED) is 0.616. The second-order valence-electron chi connectivity index (χ2n) is 5.62. The van der Waals surface area contributed by atoms with Crippen LogP contribution >= 0.6 is 15.9 Å². The minimum absolute atomic E-state index is 0.0129.